The van der Waals surface area contributed by atoms with Crippen LogP contribution >= 0.6 is 0 Å². The zero-order valence-electron chi connectivity index (χ0n) is 22.4. The summed E-state index contributed by atoms with van der Waals surface area (Å²) in [4.78, 5) is 53.1. The van der Waals surface area contributed by atoms with E-state index in [0.717, 1.165) is 17.5 Å². The van der Waals surface area contributed by atoms with E-state index in [1.807, 2.05) is 52.8 Å². The molecule has 196 valence electrons. The predicted molar refractivity (Wildman–Crippen MR) is 136 cm³/mol. The Morgan fingerprint density at radius 2 is 1.71 bits per heavy atom. The van der Waals surface area contributed by atoms with E-state index in [9.17, 15) is 19.2 Å². The van der Waals surface area contributed by atoms with E-state index in [0.29, 0.717) is 12.0 Å². The number of hydrogen-bond acceptors (Lipinski definition) is 5. The molecule has 2 atom stereocenters. The topological polar surface area (TPSA) is 131 Å². The van der Waals surface area contributed by atoms with Crippen molar-refractivity contribution in [2.45, 2.75) is 98.4 Å². The number of nitrogens with one attached hydrogen (secondary N) is 2. The highest BCUT2D eigenvalue weighted by molar-refractivity contribution is 5.94. The minimum Gasteiger partial charge on any atom is -0.444 e. The lowest BCUT2D eigenvalue weighted by Crippen LogP contribution is -2.54. The monoisotopic (exact) mass is 490 g/mol. The molecule has 9 nitrogen and oxygen atoms in total. The van der Waals surface area contributed by atoms with E-state index in [1.165, 1.54) is 4.90 Å². The summed E-state index contributed by atoms with van der Waals surface area (Å²) in [5.74, 6) is -1.68. The molecule has 2 unspecified atom stereocenters. The van der Waals surface area contributed by atoms with Crippen LogP contribution in [-0.2, 0) is 19.1 Å². The van der Waals surface area contributed by atoms with E-state index in [4.69, 9.17) is 10.5 Å². The second kappa shape index (κ2) is 13.1. The normalized spacial score (nSPS) is 13.1. The smallest absolute Gasteiger partial charge is 0.408 e. The fourth-order valence-corrected chi connectivity index (χ4v) is 3.63. The second-order valence-corrected chi connectivity index (χ2v) is 10.1. The van der Waals surface area contributed by atoms with Crippen LogP contribution in [-0.4, -0.2) is 52.9 Å². The summed E-state index contributed by atoms with van der Waals surface area (Å²) >= 11 is 0. The average molecular weight is 491 g/mol. The molecule has 0 bridgehead atoms. The van der Waals surface area contributed by atoms with Crippen molar-refractivity contribution in [3.63, 3.8) is 0 Å². The summed E-state index contributed by atoms with van der Waals surface area (Å²) in [7, 11) is 0. The lowest BCUT2D eigenvalue weighted by atomic mass is 9.94. The molecule has 0 spiro atoms. The molecule has 0 saturated heterocycles. The lowest BCUT2D eigenvalue weighted by molar-refractivity contribution is -0.143. The molecule has 0 aromatic heterocycles. The largest absolute Gasteiger partial charge is 0.444 e. The molecule has 0 aliphatic carbocycles. The van der Waals surface area contributed by atoms with Gasteiger partial charge in [-0.05, 0) is 71.6 Å². The second-order valence-electron chi connectivity index (χ2n) is 10.1. The molecule has 1 aromatic rings. The molecule has 0 heterocycles. The highest BCUT2D eigenvalue weighted by Gasteiger charge is 2.37. The fourth-order valence-electron chi connectivity index (χ4n) is 3.63. The highest BCUT2D eigenvalue weighted by Crippen LogP contribution is 2.28. The molecule has 0 radical (unpaired) electrons. The minimum atomic E-state index is -1.28. The van der Waals surface area contributed by atoms with Crippen molar-refractivity contribution in [1.82, 2.24) is 15.5 Å². The van der Waals surface area contributed by atoms with Gasteiger partial charge < -0.3 is 26.0 Å². The zero-order chi connectivity index (χ0) is 26.9. The molecule has 4 N–H and O–H groups in total. The number of unbranched alkanes of at least 4 members (excludes halogenated alkanes) is 1. The first-order chi connectivity index (χ1) is 16.2. The van der Waals surface area contributed by atoms with Crippen molar-refractivity contribution in [2.24, 2.45) is 5.73 Å². The van der Waals surface area contributed by atoms with E-state index >= 15 is 0 Å². The van der Waals surface area contributed by atoms with Gasteiger partial charge >= 0.3 is 6.09 Å². The summed E-state index contributed by atoms with van der Waals surface area (Å²) in [5.41, 5.74) is 7.16. The van der Waals surface area contributed by atoms with Crippen LogP contribution in [0.25, 0.3) is 0 Å². The number of aryl methyl sites for hydroxylation is 1. The van der Waals surface area contributed by atoms with Gasteiger partial charge in [-0.3, -0.25) is 14.4 Å². The molecular formula is C26H42N4O5. The maximum absolute atomic E-state index is 13.9. The Kier molecular flexibility index (Phi) is 11.2. The predicted octanol–water partition coefficient (Wildman–Crippen LogP) is 3.27. The van der Waals surface area contributed by atoms with Crippen LogP contribution in [0.5, 0.6) is 0 Å². The Hall–Kier alpha value is -3.10. The number of amides is 4. The number of nitrogens with two attached hydrogens (primary N) is 1. The van der Waals surface area contributed by atoms with Crippen LogP contribution < -0.4 is 16.4 Å². The first-order valence-electron chi connectivity index (χ1n) is 12.1. The molecule has 1 aromatic carbocycles. The summed E-state index contributed by atoms with van der Waals surface area (Å²) in [6, 6.07) is 3.22. The van der Waals surface area contributed by atoms with Gasteiger partial charge in [-0.1, -0.05) is 31.5 Å². The molecule has 0 fully saturated rings. The van der Waals surface area contributed by atoms with Gasteiger partial charge in [0.1, 0.15) is 17.7 Å². The van der Waals surface area contributed by atoms with Crippen molar-refractivity contribution in [3.8, 4) is 0 Å². The summed E-state index contributed by atoms with van der Waals surface area (Å²) in [6.07, 6.45) is 0.126. The van der Waals surface area contributed by atoms with Gasteiger partial charge in [-0.2, -0.15) is 0 Å². The van der Waals surface area contributed by atoms with Crippen molar-refractivity contribution >= 4 is 23.8 Å². The van der Waals surface area contributed by atoms with Crippen molar-refractivity contribution in [2.75, 3.05) is 6.54 Å². The first kappa shape index (κ1) is 29.9. The third-order valence-corrected chi connectivity index (χ3v) is 5.36. The summed E-state index contributed by atoms with van der Waals surface area (Å²) < 4.78 is 5.29. The Balaban J connectivity index is 3.55. The van der Waals surface area contributed by atoms with Gasteiger partial charge in [-0.15, -0.1) is 0 Å². The van der Waals surface area contributed by atoms with Gasteiger partial charge in [0.2, 0.25) is 17.7 Å². The minimum absolute atomic E-state index is 0.153. The van der Waals surface area contributed by atoms with Crippen LogP contribution in [0, 0.1) is 13.8 Å². The van der Waals surface area contributed by atoms with Crippen LogP contribution in [0.15, 0.2) is 18.2 Å². The quantitative estimate of drug-likeness (QED) is 0.438. The number of carbonyl (C=O) groups is 4. The molecule has 0 aliphatic heterocycles. The van der Waals surface area contributed by atoms with Crippen LogP contribution in [0.1, 0.15) is 83.5 Å². The standard InChI is InChI=1S/C26H42N4O5/c1-9-10-14-30(24(33)20(15-21(27)31)29-25(34)35-26(6,7)8)22(23(32)28-16(2)3)19-13-11-12-17(4)18(19)5/h11-13,16,20,22H,9-10,14-15H2,1-8H3,(H2,27,31)(H,28,32)(H,29,34). The van der Waals surface area contributed by atoms with Gasteiger partial charge in [0.15, 0.2) is 0 Å². The van der Waals surface area contributed by atoms with Crippen molar-refractivity contribution in [3.05, 3.63) is 34.9 Å². The molecule has 4 amide bonds. The van der Waals surface area contributed by atoms with Gasteiger partial charge in [0, 0.05) is 12.6 Å². The molecule has 0 saturated carbocycles. The number of carbonyl (C=O) groups excluding carboxylic acids is 4. The number of ether oxygens (including phenoxy) is 1. The zero-order valence-corrected chi connectivity index (χ0v) is 22.4. The summed E-state index contributed by atoms with van der Waals surface area (Å²) in [6.45, 7) is 14.8. The molecule has 1 rings (SSSR count). The SMILES string of the molecule is CCCCN(C(=O)C(CC(N)=O)NC(=O)OC(C)(C)C)C(C(=O)NC(C)C)c1cccc(C)c1C. The molecular weight excluding hydrogens is 448 g/mol. The Morgan fingerprint density at radius 3 is 2.23 bits per heavy atom. The number of hydrogen-bond donors (Lipinski definition) is 3. The van der Waals surface area contributed by atoms with Gasteiger partial charge in [-0.25, -0.2) is 4.79 Å². The fraction of sp³-hybridized carbons (Fsp3) is 0.615. The van der Waals surface area contributed by atoms with E-state index in [1.54, 1.807) is 20.8 Å². The Labute approximate surface area is 209 Å². The third-order valence-electron chi connectivity index (χ3n) is 5.36. The Bertz CT molecular complexity index is 907. The Morgan fingerprint density at radius 1 is 1.09 bits per heavy atom. The van der Waals surface area contributed by atoms with Gasteiger partial charge in [0.05, 0.1) is 6.42 Å². The van der Waals surface area contributed by atoms with Crippen LogP contribution in [0.2, 0.25) is 0 Å². The number of alkyl carbamates (subject to hydrolysis) is 1. The van der Waals surface area contributed by atoms with E-state index in [2.05, 4.69) is 10.6 Å². The maximum Gasteiger partial charge on any atom is 0.408 e. The molecule has 35 heavy (non-hydrogen) atoms. The number of nitrogens with zero attached hydrogens (tertiary/aromatic N) is 1. The molecule has 0 aliphatic rings. The van der Waals surface area contributed by atoms with E-state index < -0.39 is 42.0 Å². The molecule has 9 heteroatoms. The van der Waals surface area contributed by atoms with Gasteiger partial charge in [0.25, 0.3) is 0 Å². The first-order valence-corrected chi connectivity index (χ1v) is 12.1. The van der Waals surface area contributed by atoms with Crippen molar-refractivity contribution in [1.29, 1.82) is 0 Å². The average Bonchev–Trinajstić information content (AvgIpc) is 2.70. The maximum atomic E-state index is 13.9. The highest BCUT2D eigenvalue weighted by atomic mass is 16.6. The van der Waals surface area contributed by atoms with Crippen molar-refractivity contribution < 1.29 is 23.9 Å². The number of primary amides is 1. The van der Waals surface area contributed by atoms with Crippen LogP contribution in [0.3, 0.4) is 0 Å². The number of rotatable bonds is 11. The third kappa shape index (κ3) is 9.58. The lowest BCUT2D eigenvalue weighted by Gasteiger charge is -2.35. The number of benzene rings is 1. The summed E-state index contributed by atoms with van der Waals surface area (Å²) in [5, 5.41) is 5.40. The van der Waals surface area contributed by atoms with Crippen LogP contribution in [0.4, 0.5) is 4.79 Å². The van der Waals surface area contributed by atoms with E-state index in [-0.39, 0.29) is 18.5 Å².